The number of hydrogen-bond donors (Lipinski definition) is 2. The summed E-state index contributed by atoms with van der Waals surface area (Å²) < 4.78 is 2.08. The molecule has 0 aliphatic carbocycles. The molecule has 0 spiro atoms. The molecule has 0 aliphatic heterocycles. The number of nitrogens with zero attached hydrogens (tertiary/aromatic N) is 4. The van der Waals surface area contributed by atoms with Crippen LogP contribution in [-0.2, 0) is 13.0 Å². The molecule has 136 valence electrons. The lowest BCUT2D eigenvalue weighted by atomic mass is 10.1. The molecule has 1 atom stereocenters. The van der Waals surface area contributed by atoms with Gasteiger partial charge in [-0.05, 0) is 18.9 Å². The highest BCUT2D eigenvalue weighted by Crippen LogP contribution is 2.10. The highest BCUT2D eigenvalue weighted by atomic mass is 15.3. The number of nitrogens with one attached hydrogen (secondary N) is 2. The molecule has 2 N–H and O–H groups in total. The van der Waals surface area contributed by atoms with Gasteiger partial charge in [0.05, 0.1) is 6.04 Å². The zero-order valence-electron chi connectivity index (χ0n) is 15.6. The van der Waals surface area contributed by atoms with Crippen molar-refractivity contribution in [1.82, 2.24) is 25.4 Å². The van der Waals surface area contributed by atoms with E-state index in [0.717, 1.165) is 50.7 Å². The maximum atomic E-state index is 4.69. The number of aromatic nitrogens is 3. The van der Waals surface area contributed by atoms with E-state index in [1.54, 1.807) is 6.33 Å². The van der Waals surface area contributed by atoms with Crippen molar-refractivity contribution in [1.29, 1.82) is 0 Å². The Morgan fingerprint density at radius 2 is 2.04 bits per heavy atom. The predicted octanol–water partition coefficient (Wildman–Crippen LogP) is 2.94. The van der Waals surface area contributed by atoms with E-state index in [2.05, 4.69) is 70.4 Å². The van der Waals surface area contributed by atoms with Gasteiger partial charge in [0.25, 0.3) is 0 Å². The number of rotatable bonds is 9. The lowest BCUT2D eigenvalue weighted by molar-refractivity contribution is 0.618. The summed E-state index contributed by atoms with van der Waals surface area (Å²) in [4.78, 5) is 4.69. The van der Waals surface area contributed by atoms with Crippen LogP contribution in [0.2, 0.25) is 0 Å². The van der Waals surface area contributed by atoms with Crippen molar-refractivity contribution < 1.29 is 0 Å². The number of benzene rings is 1. The van der Waals surface area contributed by atoms with Crippen molar-refractivity contribution in [2.45, 2.75) is 52.6 Å². The van der Waals surface area contributed by atoms with Crippen LogP contribution in [0, 0.1) is 0 Å². The van der Waals surface area contributed by atoms with Crippen LogP contribution in [0.5, 0.6) is 0 Å². The summed E-state index contributed by atoms with van der Waals surface area (Å²) in [6.45, 7) is 8.87. The number of aliphatic imine (C=N–C) groups is 1. The molecule has 0 radical (unpaired) electrons. The van der Waals surface area contributed by atoms with Crippen molar-refractivity contribution in [2.24, 2.45) is 4.99 Å². The van der Waals surface area contributed by atoms with Gasteiger partial charge in [0, 0.05) is 26.1 Å². The fourth-order valence-electron chi connectivity index (χ4n) is 2.57. The monoisotopic (exact) mass is 342 g/mol. The molecular formula is C19H30N6. The standard InChI is InChI=1S/C19H30N6/c1-4-6-12-20-19(23-16(3)17-10-8-7-9-11-17)21-13-14-25-15-22-24-18(25)5-2/h7-11,15-16H,4-6,12-14H2,1-3H3,(H2,20,21,23). The van der Waals surface area contributed by atoms with E-state index in [4.69, 9.17) is 4.99 Å². The maximum absolute atomic E-state index is 4.69. The molecule has 1 unspecified atom stereocenters. The molecular weight excluding hydrogens is 312 g/mol. The van der Waals surface area contributed by atoms with Crippen LogP contribution in [-0.4, -0.2) is 33.8 Å². The first-order valence-corrected chi connectivity index (χ1v) is 9.21. The minimum atomic E-state index is 0.204. The van der Waals surface area contributed by atoms with E-state index < -0.39 is 0 Å². The van der Waals surface area contributed by atoms with Crippen LogP contribution in [0.15, 0.2) is 41.7 Å². The van der Waals surface area contributed by atoms with Gasteiger partial charge in [-0.1, -0.05) is 50.6 Å². The second-order valence-corrected chi connectivity index (χ2v) is 6.08. The first-order chi connectivity index (χ1) is 12.2. The summed E-state index contributed by atoms with van der Waals surface area (Å²) in [5.41, 5.74) is 1.25. The molecule has 2 rings (SSSR count). The Bertz CT molecular complexity index is 634. The molecule has 1 aromatic carbocycles. The second-order valence-electron chi connectivity index (χ2n) is 6.08. The van der Waals surface area contributed by atoms with Gasteiger partial charge in [-0.15, -0.1) is 10.2 Å². The van der Waals surface area contributed by atoms with Gasteiger partial charge in [-0.25, -0.2) is 0 Å². The highest BCUT2D eigenvalue weighted by Gasteiger charge is 2.08. The van der Waals surface area contributed by atoms with Crippen molar-refractivity contribution in [2.75, 3.05) is 13.1 Å². The van der Waals surface area contributed by atoms with Gasteiger partial charge < -0.3 is 15.2 Å². The van der Waals surface area contributed by atoms with Crippen molar-refractivity contribution in [3.05, 3.63) is 48.0 Å². The lowest BCUT2D eigenvalue weighted by Gasteiger charge is -2.19. The highest BCUT2D eigenvalue weighted by molar-refractivity contribution is 5.80. The summed E-state index contributed by atoms with van der Waals surface area (Å²) >= 11 is 0. The molecule has 0 aliphatic rings. The van der Waals surface area contributed by atoms with E-state index >= 15 is 0 Å². The largest absolute Gasteiger partial charge is 0.355 e. The average molecular weight is 342 g/mol. The maximum Gasteiger partial charge on any atom is 0.191 e. The molecule has 0 saturated heterocycles. The Labute approximate surface area is 150 Å². The van der Waals surface area contributed by atoms with Gasteiger partial charge in [0.2, 0.25) is 0 Å². The molecule has 0 saturated carbocycles. The number of guanidine groups is 1. The number of unbranched alkanes of at least 4 members (excludes halogenated alkanes) is 1. The summed E-state index contributed by atoms with van der Waals surface area (Å²) in [5, 5.41) is 15.0. The van der Waals surface area contributed by atoms with Crippen molar-refractivity contribution >= 4 is 5.96 Å². The smallest absolute Gasteiger partial charge is 0.191 e. The summed E-state index contributed by atoms with van der Waals surface area (Å²) in [6, 6.07) is 10.6. The fraction of sp³-hybridized carbons (Fsp3) is 0.526. The molecule has 6 heteroatoms. The third kappa shape index (κ3) is 6.21. The van der Waals surface area contributed by atoms with E-state index in [0.29, 0.717) is 0 Å². The summed E-state index contributed by atoms with van der Waals surface area (Å²) in [5.74, 6) is 1.87. The van der Waals surface area contributed by atoms with Crippen LogP contribution in [0.3, 0.4) is 0 Å². The Kier molecular flexibility index (Phi) is 7.95. The molecule has 1 heterocycles. The molecule has 2 aromatic rings. The lowest BCUT2D eigenvalue weighted by Crippen LogP contribution is -2.40. The number of hydrogen-bond acceptors (Lipinski definition) is 3. The van der Waals surface area contributed by atoms with Gasteiger partial charge in [-0.3, -0.25) is 4.99 Å². The zero-order valence-corrected chi connectivity index (χ0v) is 15.6. The summed E-state index contributed by atoms with van der Waals surface area (Å²) in [6.07, 6.45) is 4.92. The Morgan fingerprint density at radius 1 is 1.24 bits per heavy atom. The molecule has 6 nitrogen and oxygen atoms in total. The third-order valence-corrected chi connectivity index (χ3v) is 4.09. The first-order valence-electron chi connectivity index (χ1n) is 9.21. The van der Waals surface area contributed by atoms with Gasteiger partial charge in [0.15, 0.2) is 5.96 Å². The van der Waals surface area contributed by atoms with Crippen LogP contribution >= 0.6 is 0 Å². The third-order valence-electron chi connectivity index (χ3n) is 4.09. The molecule has 0 fully saturated rings. The van der Waals surface area contributed by atoms with E-state index in [1.807, 2.05) is 6.07 Å². The normalized spacial score (nSPS) is 12.8. The Hall–Kier alpha value is -2.37. The van der Waals surface area contributed by atoms with Crippen LogP contribution in [0.4, 0.5) is 0 Å². The van der Waals surface area contributed by atoms with E-state index in [1.165, 1.54) is 5.56 Å². The Morgan fingerprint density at radius 3 is 2.76 bits per heavy atom. The molecule has 0 amide bonds. The topological polar surface area (TPSA) is 67.1 Å². The second kappa shape index (κ2) is 10.5. The van der Waals surface area contributed by atoms with Crippen LogP contribution in [0.25, 0.3) is 0 Å². The van der Waals surface area contributed by atoms with Crippen molar-refractivity contribution in [3.8, 4) is 0 Å². The van der Waals surface area contributed by atoms with E-state index in [-0.39, 0.29) is 6.04 Å². The predicted molar refractivity (Wildman–Crippen MR) is 103 cm³/mol. The molecule has 1 aromatic heterocycles. The Balaban J connectivity index is 1.92. The van der Waals surface area contributed by atoms with Gasteiger partial charge >= 0.3 is 0 Å². The van der Waals surface area contributed by atoms with Crippen LogP contribution < -0.4 is 10.6 Å². The van der Waals surface area contributed by atoms with Crippen molar-refractivity contribution in [3.63, 3.8) is 0 Å². The number of aryl methyl sites for hydroxylation is 1. The minimum absolute atomic E-state index is 0.204. The molecule has 0 bridgehead atoms. The fourth-order valence-corrected chi connectivity index (χ4v) is 2.57. The van der Waals surface area contributed by atoms with Gasteiger partial charge in [0.1, 0.15) is 12.2 Å². The average Bonchev–Trinajstić information content (AvgIpc) is 3.10. The minimum Gasteiger partial charge on any atom is -0.355 e. The SMILES string of the molecule is CCCCN=C(NCCn1cnnc1CC)NC(C)c1ccccc1. The zero-order chi connectivity index (χ0) is 17.9. The van der Waals surface area contributed by atoms with Crippen LogP contribution in [0.1, 0.15) is 51.0 Å². The first kappa shape index (κ1) is 19.0. The summed E-state index contributed by atoms with van der Waals surface area (Å²) in [7, 11) is 0. The van der Waals surface area contributed by atoms with Gasteiger partial charge in [-0.2, -0.15) is 0 Å². The quantitative estimate of drug-likeness (QED) is 0.418. The van der Waals surface area contributed by atoms with E-state index in [9.17, 15) is 0 Å². The molecule has 25 heavy (non-hydrogen) atoms.